The molecule has 0 spiro atoms. The van der Waals surface area contributed by atoms with Gasteiger partial charge in [-0.3, -0.25) is 4.99 Å². The highest BCUT2D eigenvalue weighted by atomic mass is 16.6. The van der Waals surface area contributed by atoms with Crippen LogP contribution in [-0.2, 0) is 11.3 Å². The van der Waals surface area contributed by atoms with Gasteiger partial charge in [-0.05, 0) is 24.3 Å². The number of hydrogen-bond donors (Lipinski definition) is 0. The second-order valence-corrected chi connectivity index (χ2v) is 4.32. The van der Waals surface area contributed by atoms with Gasteiger partial charge in [-0.25, -0.2) is 0 Å². The standard InChI is InChI=1S/C15H15NO4/c1-17-10-13-4-3-12(20-13)9-16-11-2-5-14-15(8-11)19-7-6-18-14/h2-5,8-9H,6-7,10H2,1H3. The molecule has 104 valence electrons. The number of aliphatic imine (C=N–C) groups is 1. The summed E-state index contributed by atoms with van der Waals surface area (Å²) in [6, 6.07) is 9.32. The van der Waals surface area contributed by atoms with Crippen LogP contribution in [0.3, 0.4) is 0 Å². The lowest BCUT2D eigenvalue weighted by atomic mass is 10.2. The summed E-state index contributed by atoms with van der Waals surface area (Å²) in [5, 5.41) is 0. The Hall–Kier alpha value is -2.27. The van der Waals surface area contributed by atoms with Crippen LogP contribution >= 0.6 is 0 Å². The lowest BCUT2D eigenvalue weighted by Crippen LogP contribution is -2.14. The number of nitrogens with zero attached hydrogens (tertiary/aromatic N) is 1. The summed E-state index contributed by atoms with van der Waals surface area (Å²) < 4.78 is 21.5. The maximum atomic E-state index is 5.53. The summed E-state index contributed by atoms with van der Waals surface area (Å²) in [5.41, 5.74) is 0.791. The van der Waals surface area contributed by atoms with Gasteiger partial charge >= 0.3 is 0 Å². The van der Waals surface area contributed by atoms with Crippen molar-refractivity contribution in [3.8, 4) is 11.5 Å². The molecular formula is C15H15NO4. The van der Waals surface area contributed by atoms with Gasteiger partial charge in [0.15, 0.2) is 11.5 Å². The molecule has 0 radical (unpaired) electrons. The van der Waals surface area contributed by atoms with Crippen molar-refractivity contribution in [2.45, 2.75) is 6.61 Å². The monoisotopic (exact) mass is 273 g/mol. The maximum Gasteiger partial charge on any atom is 0.163 e. The Bertz CT molecular complexity index is 618. The molecular weight excluding hydrogens is 258 g/mol. The van der Waals surface area contributed by atoms with Gasteiger partial charge in [-0.2, -0.15) is 0 Å². The van der Waals surface area contributed by atoms with Gasteiger partial charge in [-0.1, -0.05) is 0 Å². The third kappa shape index (κ3) is 2.83. The summed E-state index contributed by atoms with van der Waals surface area (Å²) in [4.78, 5) is 4.36. The van der Waals surface area contributed by atoms with E-state index in [1.807, 2.05) is 30.3 Å². The summed E-state index contributed by atoms with van der Waals surface area (Å²) in [5.74, 6) is 2.95. The van der Waals surface area contributed by atoms with Crippen LogP contribution in [0.25, 0.3) is 0 Å². The van der Waals surface area contributed by atoms with E-state index in [0.29, 0.717) is 25.6 Å². The van der Waals surface area contributed by atoms with Gasteiger partial charge in [0, 0.05) is 13.2 Å². The molecule has 1 aliphatic rings. The van der Waals surface area contributed by atoms with Crippen molar-refractivity contribution in [3.05, 3.63) is 41.9 Å². The number of benzene rings is 1. The maximum absolute atomic E-state index is 5.53. The number of furan rings is 1. The smallest absolute Gasteiger partial charge is 0.163 e. The fourth-order valence-corrected chi connectivity index (χ4v) is 1.93. The molecule has 0 aliphatic carbocycles. The Morgan fingerprint density at radius 2 is 2.00 bits per heavy atom. The van der Waals surface area contributed by atoms with E-state index in [4.69, 9.17) is 18.6 Å². The first-order valence-corrected chi connectivity index (χ1v) is 6.36. The van der Waals surface area contributed by atoms with E-state index in [1.165, 1.54) is 0 Å². The van der Waals surface area contributed by atoms with Gasteiger partial charge in [0.05, 0.1) is 11.9 Å². The Labute approximate surface area is 116 Å². The fraction of sp³-hybridized carbons (Fsp3) is 0.267. The van der Waals surface area contributed by atoms with Crippen molar-refractivity contribution < 1.29 is 18.6 Å². The Morgan fingerprint density at radius 3 is 2.85 bits per heavy atom. The molecule has 5 nitrogen and oxygen atoms in total. The van der Waals surface area contributed by atoms with E-state index < -0.39 is 0 Å². The van der Waals surface area contributed by atoms with E-state index in [0.717, 1.165) is 22.9 Å². The second-order valence-electron chi connectivity index (χ2n) is 4.32. The zero-order valence-electron chi connectivity index (χ0n) is 11.2. The minimum absolute atomic E-state index is 0.456. The quantitative estimate of drug-likeness (QED) is 0.804. The van der Waals surface area contributed by atoms with Crippen LogP contribution in [-0.4, -0.2) is 26.5 Å². The molecule has 2 heterocycles. The van der Waals surface area contributed by atoms with Crippen molar-refractivity contribution in [3.63, 3.8) is 0 Å². The molecule has 0 unspecified atom stereocenters. The lowest BCUT2D eigenvalue weighted by molar-refractivity contribution is 0.164. The average molecular weight is 273 g/mol. The van der Waals surface area contributed by atoms with Gasteiger partial charge < -0.3 is 18.6 Å². The van der Waals surface area contributed by atoms with Crippen LogP contribution in [0.4, 0.5) is 5.69 Å². The number of fused-ring (bicyclic) bond motifs is 1. The molecule has 1 aliphatic heterocycles. The predicted octanol–water partition coefficient (Wildman–Crippen LogP) is 2.95. The van der Waals surface area contributed by atoms with Crippen LogP contribution in [0.15, 0.2) is 39.7 Å². The van der Waals surface area contributed by atoms with E-state index in [9.17, 15) is 0 Å². The molecule has 0 N–H and O–H groups in total. The highest BCUT2D eigenvalue weighted by molar-refractivity contribution is 5.79. The molecule has 0 bridgehead atoms. The largest absolute Gasteiger partial charge is 0.486 e. The zero-order chi connectivity index (χ0) is 13.8. The molecule has 20 heavy (non-hydrogen) atoms. The summed E-state index contributed by atoms with van der Waals surface area (Å²) >= 11 is 0. The van der Waals surface area contributed by atoms with Gasteiger partial charge in [0.1, 0.15) is 31.3 Å². The second kappa shape index (κ2) is 5.79. The number of rotatable bonds is 4. The molecule has 2 aromatic rings. The van der Waals surface area contributed by atoms with Gasteiger partial charge in [0.25, 0.3) is 0 Å². The number of methoxy groups -OCH3 is 1. The summed E-state index contributed by atoms with van der Waals surface area (Å²) in [6.07, 6.45) is 1.67. The van der Waals surface area contributed by atoms with E-state index in [-0.39, 0.29) is 0 Å². The lowest BCUT2D eigenvalue weighted by Gasteiger charge is -2.18. The molecule has 0 atom stereocenters. The van der Waals surface area contributed by atoms with Crippen molar-refractivity contribution in [1.29, 1.82) is 0 Å². The molecule has 1 aromatic heterocycles. The third-order valence-corrected chi connectivity index (χ3v) is 2.84. The Balaban J connectivity index is 1.74. The first-order valence-electron chi connectivity index (χ1n) is 6.36. The SMILES string of the molecule is COCc1ccc(C=Nc2ccc3c(c2)OCCO3)o1. The van der Waals surface area contributed by atoms with Crippen LogP contribution in [0.1, 0.15) is 11.5 Å². The van der Waals surface area contributed by atoms with Crippen molar-refractivity contribution in [2.75, 3.05) is 20.3 Å². The average Bonchev–Trinajstić information content (AvgIpc) is 2.93. The van der Waals surface area contributed by atoms with Crippen LogP contribution in [0.5, 0.6) is 11.5 Å². The zero-order valence-corrected chi connectivity index (χ0v) is 11.2. The van der Waals surface area contributed by atoms with Crippen molar-refractivity contribution >= 4 is 11.9 Å². The molecule has 0 fully saturated rings. The molecule has 3 rings (SSSR count). The minimum Gasteiger partial charge on any atom is -0.486 e. The molecule has 0 amide bonds. The normalized spacial score (nSPS) is 13.8. The van der Waals surface area contributed by atoms with E-state index >= 15 is 0 Å². The first-order chi connectivity index (χ1) is 9.85. The molecule has 0 saturated heterocycles. The number of ether oxygens (including phenoxy) is 3. The number of hydrogen-bond acceptors (Lipinski definition) is 5. The topological polar surface area (TPSA) is 53.2 Å². The fourth-order valence-electron chi connectivity index (χ4n) is 1.93. The highest BCUT2D eigenvalue weighted by Gasteiger charge is 2.11. The van der Waals surface area contributed by atoms with Crippen molar-refractivity contribution in [1.82, 2.24) is 0 Å². The molecule has 1 aromatic carbocycles. The Kier molecular flexibility index (Phi) is 3.69. The summed E-state index contributed by atoms with van der Waals surface area (Å²) in [6.45, 7) is 1.61. The molecule has 0 saturated carbocycles. The van der Waals surface area contributed by atoms with Crippen LogP contribution in [0.2, 0.25) is 0 Å². The van der Waals surface area contributed by atoms with Crippen molar-refractivity contribution in [2.24, 2.45) is 4.99 Å². The van der Waals surface area contributed by atoms with Gasteiger partial charge in [-0.15, -0.1) is 0 Å². The molecule has 5 heteroatoms. The van der Waals surface area contributed by atoms with Crippen LogP contribution in [0, 0.1) is 0 Å². The van der Waals surface area contributed by atoms with Crippen LogP contribution < -0.4 is 9.47 Å². The van der Waals surface area contributed by atoms with E-state index in [2.05, 4.69) is 4.99 Å². The van der Waals surface area contributed by atoms with E-state index in [1.54, 1.807) is 13.3 Å². The van der Waals surface area contributed by atoms with Gasteiger partial charge in [0.2, 0.25) is 0 Å². The first kappa shape index (κ1) is 12.7. The summed E-state index contributed by atoms with van der Waals surface area (Å²) in [7, 11) is 1.63. The minimum atomic E-state index is 0.456. The predicted molar refractivity (Wildman–Crippen MR) is 74.1 cm³/mol. The highest BCUT2D eigenvalue weighted by Crippen LogP contribution is 2.33. The Morgan fingerprint density at radius 1 is 1.15 bits per heavy atom. The third-order valence-electron chi connectivity index (χ3n) is 2.84.